The van der Waals surface area contributed by atoms with E-state index in [0.717, 1.165) is 12.0 Å². The molecule has 2 N–H and O–H groups in total. The summed E-state index contributed by atoms with van der Waals surface area (Å²) >= 11 is 0. The van der Waals surface area contributed by atoms with Crippen LogP contribution >= 0.6 is 0 Å². The molecule has 2 nitrogen and oxygen atoms in total. The van der Waals surface area contributed by atoms with E-state index in [0.29, 0.717) is 5.75 Å². The predicted octanol–water partition coefficient (Wildman–Crippen LogP) is 5.66. The van der Waals surface area contributed by atoms with Crippen molar-refractivity contribution in [3.8, 4) is 5.75 Å². The van der Waals surface area contributed by atoms with Crippen LogP contribution in [0.2, 0.25) is 0 Å². The fourth-order valence-electron chi connectivity index (χ4n) is 3.95. The van der Waals surface area contributed by atoms with Gasteiger partial charge in [0, 0.05) is 6.04 Å². The lowest BCUT2D eigenvalue weighted by molar-refractivity contribution is 0.259. The number of phenols is 1. The molecule has 130 valence electrons. The van der Waals surface area contributed by atoms with E-state index in [-0.39, 0.29) is 0 Å². The standard InChI is InChI=1S/C15H29N.C6H6O/c1-2-6-10-14(11-7-3-1)15-12-8-4-5-9-13-16-15;7-6-4-2-1-3-5-6/h14-16H,1-13H2;1-5,7H. The first-order valence-corrected chi connectivity index (χ1v) is 9.83. The second-order valence-electron chi connectivity index (χ2n) is 7.20. The average molecular weight is 318 g/mol. The molecular formula is C21H35NO. The van der Waals surface area contributed by atoms with Crippen LogP contribution in [-0.2, 0) is 0 Å². The molecular weight excluding hydrogens is 282 g/mol. The highest BCUT2D eigenvalue weighted by molar-refractivity contribution is 5.18. The molecule has 1 saturated heterocycles. The third-order valence-electron chi connectivity index (χ3n) is 5.32. The summed E-state index contributed by atoms with van der Waals surface area (Å²) in [4.78, 5) is 0. The molecule has 23 heavy (non-hydrogen) atoms. The Kier molecular flexibility index (Phi) is 9.16. The number of hydrogen-bond acceptors (Lipinski definition) is 2. The molecule has 1 aromatic rings. The Labute approximate surface area is 142 Å². The molecule has 2 aliphatic rings. The summed E-state index contributed by atoms with van der Waals surface area (Å²) in [7, 11) is 0. The second-order valence-corrected chi connectivity index (χ2v) is 7.20. The van der Waals surface area contributed by atoms with E-state index in [4.69, 9.17) is 5.11 Å². The lowest BCUT2D eigenvalue weighted by Gasteiger charge is -2.31. The van der Waals surface area contributed by atoms with E-state index >= 15 is 0 Å². The van der Waals surface area contributed by atoms with Gasteiger partial charge in [0.25, 0.3) is 0 Å². The first kappa shape index (κ1) is 18.3. The monoisotopic (exact) mass is 317 g/mol. The number of nitrogens with one attached hydrogen (secondary N) is 1. The minimum absolute atomic E-state index is 0.322. The third-order valence-corrected chi connectivity index (χ3v) is 5.32. The van der Waals surface area contributed by atoms with Crippen LogP contribution in [0.5, 0.6) is 5.75 Å². The molecule has 1 aliphatic heterocycles. The van der Waals surface area contributed by atoms with Crippen LogP contribution < -0.4 is 5.32 Å². The lowest BCUT2D eigenvalue weighted by Crippen LogP contribution is -2.38. The maximum Gasteiger partial charge on any atom is 0.115 e. The van der Waals surface area contributed by atoms with E-state index in [1.54, 1.807) is 24.3 Å². The molecule has 1 saturated carbocycles. The van der Waals surface area contributed by atoms with Gasteiger partial charge in [-0.2, -0.15) is 0 Å². The highest BCUT2D eigenvalue weighted by Crippen LogP contribution is 2.28. The summed E-state index contributed by atoms with van der Waals surface area (Å²) in [6.45, 7) is 1.28. The zero-order chi connectivity index (χ0) is 16.2. The van der Waals surface area contributed by atoms with E-state index in [9.17, 15) is 0 Å². The summed E-state index contributed by atoms with van der Waals surface area (Å²) in [5.74, 6) is 1.32. The topological polar surface area (TPSA) is 32.3 Å². The number of aromatic hydroxyl groups is 1. The predicted molar refractivity (Wildman–Crippen MR) is 98.8 cm³/mol. The van der Waals surface area contributed by atoms with Crippen molar-refractivity contribution in [2.45, 2.75) is 83.1 Å². The van der Waals surface area contributed by atoms with Gasteiger partial charge in [-0.05, 0) is 50.3 Å². The molecule has 1 unspecified atom stereocenters. The Morgan fingerprint density at radius 1 is 0.696 bits per heavy atom. The van der Waals surface area contributed by atoms with Gasteiger partial charge in [-0.15, -0.1) is 0 Å². The fourth-order valence-corrected chi connectivity index (χ4v) is 3.95. The smallest absolute Gasteiger partial charge is 0.115 e. The van der Waals surface area contributed by atoms with Crippen molar-refractivity contribution in [2.75, 3.05) is 6.54 Å². The summed E-state index contributed by atoms with van der Waals surface area (Å²) in [5, 5.41) is 12.5. The zero-order valence-electron chi connectivity index (χ0n) is 14.7. The highest BCUT2D eigenvalue weighted by Gasteiger charge is 2.21. The Hall–Kier alpha value is -1.02. The van der Waals surface area contributed by atoms with Crippen molar-refractivity contribution in [1.29, 1.82) is 0 Å². The van der Waals surface area contributed by atoms with Crippen LogP contribution in [0, 0.1) is 5.92 Å². The molecule has 1 heterocycles. The van der Waals surface area contributed by atoms with Gasteiger partial charge in [0.2, 0.25) is 0 Å². The number of hydrogen-bond donors (Lipinski definition) is 2. The lowest BCUT2D eigenvalue weighted by atomic mass is 9.83. The molecule has 0 bridgehead atoms. The summed E-state index contributed by atoms with van der Waals surface area (Å²) < 4.78 is 0. The summed E-state index contributed by atoms with van der Waals surface area (Å²) in [6, 6.07) is 9.57. The molecule has 1 aliphatic carbocycles. The maximum atomic E-state index is 8.63. The molecule has 2 fully saturated rings. The van der Waals surface area contributed by atoms with Gasteiger partial charge < -0.3 is 10.4 Å². The molecule has 1 aromatic carbocycles. The fraction of sp³-hybridized carbons (Fsp3) is 0.714. The minimum atomic E-state index is 0.322. The zero-order valence-corrected chi connectivity index (χ0v) is 14.7. The normalized spacial score (nSPS) is 24.3. The molecule has 2 heteroatoms. The first-order valence-electron chi connectivity index (χ1n) is 9.83. The molecule has 0 amide bonds. The second kappa shape index (κ2) is 11.5. The van der Waals surface area contributed by atoms with Crippen molar-refractivity contribution < 1.29 is 5.11 Å². The third kappa shape index (κ3) is 7.87. The minimum Gasteiger partial charge on any atom is -0.508 e. The van der Waals surface area contributed by atoms with Gasteiger partial charge in [0.15, 0.2) is 0 Å². The van der Waals surface area contributed by atoms with Crippen LogP contribution in [-0.4, -0.2) is 17.7 Å². The Bertz CT molecular complexity index is 356. The Morgan fingerprint density at radius 2 is 1.26 bits per heavy atom. The quantitative estimate of drug-likeness (QED) is 0.700. The first-order chi connectivity index (χ1) is 11.4. The van der Waals surface area contributed by atoms with Crippen molar-refractivity contribution in [3.05, 3.63) is 30.3 Å². The molecule has 0 aromatic heterocycles. The number of phenolic OH excluding ortho intramolecular Hbond substituents is 1. The molecule has 0 spiro atoms. The van der Waals surface area contributed by atoms with Crippen molar-refractivity contribution in [2.24, 2.45) is 5.92 Å². The Balaban J connectivity index is 0.000000229. The van der Waals surface area contributed by atoms with Crippen LogP contribution in [0.4, 0.5) is 0 Å². The average Bonchev–Trinajstić information content (AvgIpc) is 2.49. The number of rotatable bonds is 1. The van der Waals surface area contributed by atoms with Gasteiger partial charge in [0.05, 0.1) is 0 Å². The van der Waals surface area contributed by atoms with Crippen molar-refractivity contribution in [3.63, 3.8) is 0 Å². The van der Waals surface area contributed by atoms with E-state index in [1.165, 1.54) is 83.6 Å². The van der Waals surface area contributed by atoms with Gasteiger partial charge in [-0.25, -0.2) is 0 Å². The van der Waals surface area contributed by atoms with Crippen LogP contribution in [0.1, 0.15) is 77.0 Å². The SMILES string of the molecule is C1CCCC(C2CCCCCCN2)CCC1.Oc1ccccc1. The van der Waals surface area contributed by atoms with Crippen molar-refractivity contribution in [1.82, 2.24) is 5.32 Å². The van der Waals surface area contributed by atoms with Gasteiger partial charge in [-0.1, -0.05) is 69.6 Å². The number of para-hydroxylation sites is 1. The van der Waals surface area contributed by atoms with Gasteiger partial charge in [-0.3, -0.25) is 0 Å². The Morgan fingerprint density at radius 3 is 1.87 bits per heavy atom. The van der Waals surface area contributed by atoms with Gasteiger partial charge >= 0.3 is 0 Å². The van der Waals surface area contributed by atoms with Crippen molar-refractivity contribution >= 4 is 0 Å². The van der Waals surface area contributed by atoms with Crippen LogP contribution in [0.15, 0.2) is 30.3 Å². The molecule has 0 radical (unpaired) electrons. The highest BCUT2D eigenvalue weighted by atomic mass is 16.3. The van der Waals surface area contributed by atoms with E-state index in [2.05, 4.69) is 5.32 Å². The summed E-state index contributed by atoms with van der Waals surface area (Å²) in [5.41, 5.74) is 0. The van der Waals surface area contributed by atoms with Crippen LogP contribution in [0.25, 0.3) is 0 Å². The largest absolute Gasteiger partial charge is 0.508 e. The van der Waals surface area contributed by atoms with E-state index in [1.807, 2.05) is 6.07 Å². The van der Waals surface area contributed by atoms with E-state index < -0.39 is 0 Å². The van der Waals surface area contributed by atoms with Gasteiger partial charge in [0.1, 0.15) is 5.75 Å². The maximum absolute atomic E-state index is 8.63. The molecule has 1 atom stereocenters. The molecule has 3 rings (SSSR count). The number of benzene rings is 1. The summed E-state index contributed by atoms with van der Waals surface area (Å²) in [6.07, 6.45) is 17.7. The van der Waals surface area contributed by atoms with Crippen LogP contribution in [0.3, 0.4) is 0 Å².